The maximum absolute atomic E-state index is 11.0. The second-order valence-electron chi connectivity index (χ2n) is 6.35. The Morgan fingerprint density at radius 3 is 3.09 bits per heavy atom. The van der Waals surface area contributed by atoms with Crippen molar-refractivity contribution in [3.05, 3.63) is 23.9 Å². The molecule has 23 heavy (non-hydrogen) atoms. The van der Waals surface area contributed by atoms with Gasteiger partial charge in [0.1, 0.15) is 17.9 Å². The number of aliphatic carboxylic acids is 1. The highest BCUT2D eigenvalue weighted by Gasteiger charge is 2.26. The molecule has 1 saturated carbocycles. The monoisotopic (exact) mass is 317 g/mol. The van der Waals surface area contributed by atoms with E-state index in [0.717, 1.165) is 47.9 Å². The maximum atomic E-state index is 11.0. The van der Waals surface area contributed by atoms with E-state index in [4.69, 9.17) is 9.84 Å². The van der Waals surface area contributed by atoms with Gasteiger partial charge in [0.15, 0.2) is 0 Å². The first-order chi connectivity index (χ1) is 11.0. The van der Waals surface area contributed by atoms with Crippen molar-refractivity contribution in [1.82, 2.24) is 15.5 Å². The number of carboxylic acid groups (broad SMARTS) is 1. The van der Waals surface area contributed by atoms with Gasteiger partial charge < -0.3 is 15.2 Å². The Labute approximate surface area is 135 Å². The van der Waals surface area contributed by atoms with Crippen molar-refractivity contribution >= 4 is 16.9 Å². The number of nitrogens with zero attached hydrogens (tertiary/aromatic N) is 1. The van der Waals surface area contributed by atoms with E-state index < -0.39 is 12.0 Å². The SMILES string of the molecule is Cc1c(O[C@H]2CCC[C@@H](N[C@@H](C)C(=O)O)C2)ccc2[nH]ncc12. The molecule has 0 spiro atoms. The summed E-state index contributed by atoms with van der Waals surface area (Å²) < 4.78 is 6.21. The molecule has 0 radical (unpaired) electrons. The summed E-state index contributed by atoms with van der Waals surface area (Å²) in [4.78, 5) is 11.0. The van der Waals surface area contributed by atoms with E-state index in [1.54, 1.807) is 6.92 Å². The van der Waals surface area contributed by atoms with Crippen molar-refractivity contribution < 1.29 is 14.6 Å². The van der Waals surface area contributed by atoms with Gasteiger partial charge in [0, 0.05) is 17.0 Å². The van der Waals surface area contributed by atoms with Crippen molar-refractivity contribution in [2.24, 2.45) is 0 Å². The first-order valence-electron chi connectivity index (χ1n) is 8.13. The molecule has 0 saturated heterocycles. The number of hydrogen-bond donors (Lipinski definition) is 3. The standard InChI is InChI=1S/C17H23N3O3/c1-10-14-9-18-20-15(14)6-7-16(10)23-13-5-3-4-12(8-13)19-11(2)17(21)22/h6-7,9,11-13,19H,3-5,8H2,1-2H3,(H,18,20)(H,21,22)/t11-,12+,13-/m0/s1. The highest BCUT2D eigenvalue weighted by Crippen LogP contribution is 2.30. The molecule has 1 fully saturated rings. The van der Waals surface area contributed by atoms with Crippen molar-refractivity contribution in [3.63, 3.8) is 0 Å². The third-order valence-electron chi connectivity index (χ3n) is 4.62. The maximum Gasteiger partial charge on any atom is 0.320 e. The number of fused-ring (bicyclic) bond motifs is 1. The number of H-pyrrole nitrogens is 1. The van der Waals surface area contributed by atoms with Crippen LogP contribution in [0.3, 0.4) is 0 Å². The molecular weight excluding hydrogens is 294 g/mol. The molecule has 1 aliphatic rings. The highest BCUT2D eigenvalue weighted by atomic mass is 16.5. The minimum atomic E-state index is -0.811. The van der Waals surface area contributed by atoms with Crippen molar-refractivity contribution in [3.8, 4) is 5.75 Å². The molecule has 1 aromatic carbocycles. The predicted octanol–water partition coefficient (Wildman–Crippen LogP) is 2.62. The number of ether oxygens (including phenoxy) is 1. The summed E-state index contributed by atoms with van der Waals surface area (Å²) in [5.41, 5.74) is 2.10. The van der Waals surface area contributed by atoms with Crippen LogP contribution < -0.4 is 10.1 Å². The Kier molecular flexibility index (Phi) is 4.52. The average Bonchev–Trinajstić information content (AvgIpc) is 3.00. The number of aromatic amines is 1. The molecule has 3 rings (SSSR count). The fourth-order valence-electron chi connectivity index (χ4n) is 3.27. The van der Waals surface area contributed by atoms with Gasteiger partial charge in [-0.1, -0.05) is 0 Å². The lowest BCUT2D eigenvalue weighted by Gasteiger charge is -2.31. The Bertz CT molecular complexity index is 697. The topological polar surface area (TPSA) is 87.2 Å². The summed E-state index contributed by atoms with van der Waals surface area (Å²) in [7, 11) is 0. The largest absolute Gasteiger partial charge is 0.490 e. The number of benzene rings is 1. The lowest BCUT2D eigenvalue weighted by Crippen LogP contribution is -2.45. The number of aryl methyl sites for hydroxylation is 1. The molecule has 3 N–H and O–H groups in total. The van der Waals surface area contributed by atoms with Gasteiger partial charge in [-0.3, -0.25) is 9.89 Å². The van der Waals surface area contributed by atoms with E-state index in [1.807, 2.05) is 25.3 Å². The Balaban J connectivity index is 1.66. The molecule has 3 atom stereocenters. The van der Waals surface area contributed by atoms with Crippen LogP contribution in [0, 0.1) is 6.92 Å². The van der Waals surface area contributed by atoms with Crippen LogP contribution in [0.4, 0.5) is 0 Å². The number of hydrogen-bond acceptors (Lipinski definition) is 4. The fourth-order valence-corrected chi connectivity index (χ4v) is 3.27. The van der Waals surface area contributed by atoms with Crippen molar-refractivity contribution in [2.45, 2.75) is 57.7 Å². The van der Waals surface area contributed by atoms with E-state index in [0.29, 0.717) is 0 Å². The summed E-state index contributed by atoms with van der Waals surface area (Å²) >= 11 is 0. The van der Waals surface area contributed by atoms with Gasteiger partial charge >= 0.3 is 5.97 Å². The third-order valence-corrected chi connectivity index (χ3v) is 4.62. The smallest absolute Gasteiger partial charge is 0.320 e. The van der Waals surface area contributed by atoms with Gasteiger partial charge in [0.05, 0.1) is 11.7 Å². The van der Waals surface area contributed by atoms with Gasteiger partial charge in [-0.15, -0.1) is 0 Å². The minimum Gasteiger partial charge on any atom is -0.490 e. The van der Waals surface area contributed by atoms with E-state index in [-0.39, 0.29) is 12.1 Å². The van der Waals surface area contributed by atoms with Crippen molar-refractivity contribution in [1.29, 1.82) is 0 Å². The van der Waals surface area contributed by atoms with E-state index in [1.165, 1.54) is 0 Å². The quantitative estimate of drug-likeness (QED) is 0.789. The average molecular weight is 317 g/mol. The van der Waals surface area contributed by atoms with Gasteiger partial charge in [-0.25, -0.2) is 0 Å². The second-order valence-corrected chi connectivity index (χ2v) is 6.35. The van der Waals surface area contributed by atoms with Crippen LogP contribution in [0.5, 0.6) is 5.75 Å². The number of carboxylic acids is 1. The summed E-state index contributed by atoms with van der Waals surface area (Å²) in [6, 6.07) is 3.63. The van der Waals surface area contributed by atoms with Crippen LogP contribution in [0.2, 0.25) is 0 Å². The van der Waals surface area contributed by atoms with E-state index >= 15 is 0 Å². The molecule has 0 aliphatic heterocycles. The predicted molar refractivity (Wildman–Crippen MR) is 87.7 cm³/mol. The summed E-state index contributed by atoms with van der Waals surface area (Å²) in [6.07, 6.45) is 5.81. The second kappa shape index (κ2) is 6.58. The van der Waals surface area contributed by atoms with Crippen LogP contribution in [0.15, 0.2) is 18.3 Å². The Morgan fingerprint density at radius 2 is 2.30 bits per heavy atom. The number of aromatic nitrogens is 2. The minimum absolute atomic E-state index is 0.116. The summed E-state index contributed by atoms with van der Waals surface area (Å²) in [6.45, 7) is 3.72. The third kappa shape index (κ3) is 3.47. The van der Waals surface area contributed by atoms with E-state index in [2.05, 4.69) is 15.5 Å². The molecular formula is C17H23N3O3. The number of carbonyl (C=O) groups is 1. The van der Waals surface area contributed by atoms with Crippen LogP contribution in [-0.2, 0) is 4.79 Å². The fraction of sp³-hybridized carbons (Fsp3) is 0.529. The van der Waals surface area contributed by atoms with Crippen LogP contribution in [-0.4, -0.2) is 39.5 Å². The van der Waals surface area contributed by atoms with Crippen LogP contribution in [0.1, 0.15) is 38.2 Å². The number of rotatable bonds is 5. The Hall–Kier alpha value is -2.08. The van der Waals surface area contributed by atoms with Crippen LogP contribution in [0.25, 0.3) is 10.9 Å². The molecule has 0 unspecified atom stereocenters. The van der Waals surface area contributed by atoms with Gasteiger partial charge in [-0.2, -0.15) is 5.10 Å². The zero-order valence-electron chi connectivity index (χ0n) is 13.5. The van der Waals surface area contributed by atoms with Gasteiger partial charge in [0.2, 0.25) is 0 Å². The van der Waals surface area contributed by atoms with Gasteiger partial charge in [-0.05, 0) is 51.7 Å². The molecule has 1 aromatic heterocycles. The molecule has 1 aliphatic carbocycles. The lowest BCUT2D eigenvalue weighted by molar-refractivity contribution is -0.139. The summed E-state index contributed by atoms with van der Waals surface area (Å²) in [5.74, 6) is 0.0742. The molecule has 0 amide bonds. The lowest BCUT2D eigenvalue weighted by atomic mass is 9.92. The normalized spacial score (nSPS) is 22.9. The summed E-state index contributed by atoms with van der Waals surface area (Å²) in [5, 5.41) is 20.3. The first-order valence-corrected chi connectivity index (χ1v) is 8.13. The highest BCUT2D eigenvalue weighted by molar-refractivity contribution is 5.83. The molecule has 6 heteroatoms. The van der Waals surface area contributed by atoms with Crippen LogP contribution >= 0.6 is 0 Å². The molecule has 0 bridgehead atoms. The number of nitrogens with one attached hydrogen (secondary N) is 2. The molecule has 2 aromatic rings. The zero-order valence-corrected chi connectivity index (χ0v) is 13.5. The van der Waals surface area contributed by atoms with Crippen molar-refractivity contribution in [2.75, 3.05) is 0 Å². The molecule has 124 valence electrons. The van der Waals surface area contributed by atoms with E-state index in [9.17, 15) is 4.79 Å². The molecule has 6 nitrogen and oxygen atoms in total. The molecule has 1 heterocycles. The first kappa shape index (κ1) is 15.8. The zero-order chi connectivity index (χ0) is 16.4. The Morgan fingerprint density at radius 1 is 1.48 bits per heavy atom. The van der Waals surface area contributed by atoms with Gasteiger partial charge in [0.25, 0.3) is 0 Å².